The molecule has 1 heterocycles. The van der Waals surface area contributed by atoms with Gasteiger partial charge in [-0.15, -0.1) is 0 Å². The fourth-order valence-corrected chi connectivity index (χ4v) is 7.02. The first-order chi connectivity index (χ1) is 22.2. The molecule has 10 heteroatoms. The zero-order valence-electron chi connectivity index (χ0n) is 27.2. The van der Waals surface area contributed by atoms with Crippen LogP contribution in [0.4, 0.5) is 0 Å². The molecular weight excluding hydrogens is 602 g/mol. The Hall–Kier alpha value is -3.73. The summed E-state index contributed by atoms with van der Waals surface area (Å²) in [5.41, 5.74) is 2.68. The number of carbonyl (C=O) groups is 2. The standard InChI is InChI=1S/C36H47N3O6S/c1-28(2)45-25-9-22-37-36(41)34(26-30-10-5-4-6-11-30)39(27-31-12-17-32(44-3)18-13-31)35(40)21-16-29-14-19-33(20-15-29)46(42,43)38-23-7-8-24-38/h4-6,10-15,17-20,28,34H,7-9,16,21-27H2,1-3H3,(H,37,41)/t34-/m1/s1. The van der Waals surface area contributed by atoms with Gasteiger partial charge in [-0.2, -0.15) is 4.31 Å². The molecule has 4 rings (SSSR count). The first-order valence-electron chi connectivity index (χ1n) is 16.1. The Labute approximate surface area is 273 Å². The molecule has 1 aliphatic heterocycles. The second-order valence-corrected chi connectivity index (χ2v) is 13.8. The van der Waals surface area contributed by atoms with Crippen molar-refractivity contribution < 1.29 is 27.5 Å². The van der Waals surface area contributed by atoms with Crippen molar-refractivity contribution >= 4 is 21.8 Å². The minimum Gasteiger partial charge on any atom is -0.497 e. The summed E-state index contributed by atoms with van der Waals surface area (Å²) in [7, 11) is -1.91. The highest BCUT2D eigenvalue weighted by Gasteiger charge is 2.30. The number of ether oxygens (including phenoxy) is 2. The highest BCUT2D eigenvalue weighted by molar-refractivity contribution is 7.89. The summed E-state index contributed by atoms with van der Waals surface area (Å²) >= 11 is 0. The monoisotopic (exact) mass is 649 g/mol. The number of aryl methyl sites for hydroxylation is 1. The van der Waals surface area contributed by atoms with E-state index in [4.69, 9.17) is 9.47 Å². The third-order valence-corrected chi connectivity index (χ3v) is 10.0. The van der Waals surface area contributed by atoms with E-state index in [0.29, 0.717) is 51.3 Å². The molecule has 0 unspecified atom stereocenters. The molecule has 0 radical (unpaired) electrons. The Balaban J connectivity index is 1.53. The average Bonchev–Trinajstić information content (AvgIpc) is 3.62. The summed E-state index contributed by atoms with van der Waals surface area (Å²) in [6.07, 6.45) is 3.47. The maximum absolute atomic E-state index is 14.0. The van der Waals surface area contributed by atoms with Gasteiger partial charge in [0.25, 0.3) is 0 Å². The predicted octanol–water partition coefficient (Wildman–Crippen LogP) is 4.98. The smallest absolute Gasteiger partial charge is 0.243 e. The molecule has 248 valence electrons. The van der Waals surface area contributed by atoms with Crippen molar-refractivity contribution in [3.8, 4) is 5.75 Å². The van der Waals surface area contributed by atoms with Gasteiger partial charge in [-0.1, -0.05) is 54.6 Å². The Morgan fingerprint density at radius 3 is 2.17 bits per heavy atom. The fraction of sp³-hybridized carbons (Fsp3) is 0.444. The molecule has 0 spiro atoms. The van der Waals surface area contributed by atoms with Crippen LogP contribution in [0.25, 0.3) is 0 Å². The van der Waals surface area contributed by atoms with E-state index >= 15 is 0 Å². The Morgan fingerprint density at radius 2 is 1.54 bits per heavy atom. The number of nitrogens with zero attached hydrogens (tertiary/aromatic N) is 2. The number of rotatable bonds is 17. The molecule has 0 aromatic heterocycles. The number of carbonyl (C=O) groups excluding carboxylic acids is 2. The first kappa shape index (κ1) is 35.1. The van der Waals surface area contributed by atoms with Crippen LogP contribution in [-0.2, 0) is 43.7 Å². The van der Waals surface area contributed by atoms with Crippen LogP contribution in [0.2, 0.25) is 0 Å². The van der Waals surface area contributed by atoms with Gasteiger partial charge < -0.3 is 19.7 Å². The number of benzene rings is 3. The summed E-state index contributed by atoms with van der Waals surface area (Å²) in [6, 6.07) is 23.3. The summed E-state index contributed by atoms with van der Waals surface area (Å²) < 4.78 is 38.4. The molecule has 1 fully saturated rings. The molecule has 3 aromatic rings. The molecule has 1 aliphatic rings. The van der Waals surface area contributed by atoms with Gasteiger partial charge in [-0.05, 0) is 80.5 Å². The van der Waals surface area contributed by atoms with Gasteiger partial charge >= 0.3 is 0 Å². The number of methoxy groups -OCH3 is 1. The highest BCUT2D eigenvalue weighted by Crippen LogP contribution is 2.23. The summed E-state index contributed by atoms with van der Waals surface area (Å²) in [5.74, 6) is 0.328. The van der Waals surface area contributed by atoms with E-state index in [9.17, 15) is 18.0 Å². The van der Waals surface area contributed by atoms with Crippen molar-refractivity contribution in [2.45, 2.75) is 76.0 Å². The lowest BCUT2D eigenvalue weighted by Gasteiger charge is -2.32. The van der Waals surface area contributed by atoms with E-state index in [1.165, 1.54) is 4.31 Å². The van der Waals surface area contributed by atoms with Crippen LogP contribution in [0, 0.1) is 0 Å². The van der Waals surface area contributed by atoms with Gasteiger partial charge in [-0.25, -0.2) is 8.42 Å². The number of hydrogen-bond acceptors (Lipinski definition) is 6. The van der Waals surface area contributed by atoms with Crippen molar-refractivity contribution in [3.05, 3.63) is 95.6 Å². The van der Waals surface area contributed by atoms with E-state index in [1.54, 1.807) is 36.3 Å². The largest absolute Gasteiger partial charge is 0.497 e. The topological polar surface area (TPSA) is 105 Å². The highest BCUT2D eigenvalue weighted by atomic mass is 32.2. The molecule has 2 amide bonds. The zero-order chi connectivity index (χ0) is 32.9. The minimum atomic E-state index is -3.51. The molecule has 1 atom stereocenters. The zero-order valence-corrected chi connectivity index (χ0v) is 28.0. The third-order valence-electron chi connectivity index (χ3n) is 8.11. The number of nitrogens with one attached hydrogen (secondary N) is 1. The molecular formula is C36H47N3O6S. The lowest BCUT2D eigenvalue weighted by molar-refractivity contribution is -0.141. The van der Waals surface area contributed by atoms with Crippen LogP contribution in [0.5, 0.6) is 5.75 Å². The number of amides is 2. The van der Waals surface area contributed by atoms with Crippen LogP contribution in [0.3, 0.4) is 0 Å². The maximum Gasteiger partial charge on any atom is 0.243 e. The molecule has 1 saturated heterocycles. The Kier molecular flexibility index (Phi) is 13.2. The second-order valence-electron chi connectivity index (χ2n) is 11.9. The van der Waals surface area contributed by atoms with Gasteiger partial charge in [-0.3, -0.25) is 9.59 Å². The van der Waals surface area contributed by atoms with E-state index in [2.05, 4.69) is 5.32 Å². The third kappa shape index (κ3) is 10.1. The van der Waals surface area contributed by atoms with E-state index in [0.717, 1.165) is 29.5 Å². The van der Waals surface area contributed by atoms with Crippen molar-refractivity contribution in [2.75, 3.05) is 33.4 Å². The molecule has 0 aliphatic carbocycles. The second kappa shape index (κ2) is 17.3. The summed E-state index contributed by atoms with van der Waals surface area (Å²) in [4.78, 5) is 29.7. The fourth-order valence-electron chi connectivity index (χ4n) is 5.50. The van der Waals surface area contributed by atoms with Crippen LogP contribution >= 0.6 is 0 Å². The van der Waals surface area contributed by atoms with Crippen LogP contribution in [-0.4, -0.2) is 74.9 Å². The maximum atomic E-state index is 14.0. The van der Waals surface area contributed by atoms with E-state index in [-0.39, 0.29) is 35.8 Å². The minimum absolute atomic E-state index is 0.116. The Bertz CT molecular complexity index is 1490. The number of hydrogen-bond donors (Lipinski definition) is 1. The van der Waals surface area contributed by atoms with Crippen molar-refractivity contribution in [3.63, 3.8) is 0 Å². The van der Waals surface area contributed by atoms with Crippen molar-refractivity contribution in [1.29, 1.82) is 0 Å². The van der Waals surface area contributed by atoms with Gasteiger partial charge in [0.15, 0.2) is 0 Å². The molecule has 46 heavy (non-hydrogen) atoms. The summed E-state index contributed by atoms with van der Waals surface area (Å²) in [5, 5.41) is 3.04. The van der Waals surface area contributed by atoms with E-state index < -0.39 is 16.1 Å². The van der Waals surface area contributed by atoms with Gasteiger partial charge in [0.1, 0.15) is 11.8 Å². The molecule has 1 N–H and O–H groups in total. The summed E-state index contributed by atoms with van der Waals surface area (Å²) in [6.45, 7) is 6.27. The van der Waals surface area contributed by atoms with Gasteiger partial charge in [0.05, 0.1) is 18.1 Å². The van der Waals surface area contributed by atoms with E-state index in [1.807, 2.05) is 68.4 Å². The molecule has 3 aromatic carbocycles. The molecule has 0 bridgehead atoms. The van der Waals surface area contributed by atoms with Crippen LogP contribution in [0.15, 0.2) is 83.8 Å². The SMILES string of the molecule is COc1ccc(CN(C(=O)CCc2ccc(S(=O)(=O)N3CCCC3)cc2)[C@H](Cc2ccccc2)C(=O)NCCCOC(C)C)cc1. The van der Waals surface area contributed by atoms with Gasteiger partial charge in [0.2, 0.25) is 21.8 Å². The van der Waals surface area contributed by atoms with Gasteiger partial charge in [0, 0.05) is 45.6 Å². The molecule has 0 saturated carbocycles. The number of sulfonamides is 1. The van der Waals surface area contributed by atoms with Crippen LogP contribution < -0.4 is 10.1 Å². The van der Waals surface area contributed by atoms with Crippen LogP contribution in [0.1, 0.15) is 56.2 Å². The van der Waals surface area contributed by atoms with Crippen molar-refractivity contribution in [2.24, 2.45) is 0 Å². The lowest BCUT2D eigenvalue weighted by Crippen LogP contribution is -2.50. The normalized spacial score (nSPS) is 14.3. The Morgan fingerprint density at radius 1 is 0.891 bits per heavy atom. The molecule has 9 nitrogen and oxygen atoms in total. The predicted molar refractivity (Wildman–Crippen MR) is 179 cm³/mol. The lowest BCUT2D eigenvalue weighted by atomic mass is 10.0. The quantitative estimate of drug-likeness (QED) is 0.207. The first-order valence-corrected chi connectivity index (χ1v) is 17.6. The average molecular weight is 650 g/mol. The van der Waals surface area contributed by atoms with Crippen molar-refractivity contribution in [1.82, 2.24) is 14.5 Å².